The normalized spacial score (nSPS) is 20.1. The molecule has 1 amide bonds. The van der Waals surface area contributed by atoms with Crippen molar-refractivity contribution < 1.29 is 28.7 Å². The predicted molar refractivity (Wildman–Crippen MR) is 138 cm³/mol. The van der Waals surface area contributed by atoms with E-state index >= 15 is 0 Å². The van der Waals surface area contributed by atoms with Gasteiger partial charge in [0.15, 0.2) is 5.13 Å². The number of nitro groups is 1. The second-order valence-electron chi connectivity index (χ2n) is 9.08. The van der Waals surface area contributed by atoms with Gasteiger partial charge in [-0.15, -0.1) is 0 Å². The van der Waals surface area contributed by atoms with Crippen LogP contribution in [0, 0.1) is 15.9 Å². The lowest BCUT2D eigenvalue weighted by atomic mass is 9.94. The highest BCUT2D eigenvalue weighted by molar-refractivity contribution is 7.22. The third kappa shape index (κ3) is 3.79. The molecular formula is C27H18FN3O6S. The molecule has 3 aromatic carbocycles. The molecule has 9 nitrogen and oxygen atoms in total. The molecule has 2 aliphatic rings. The average molecular weight is 532 g/mol. The Morgan fingerprint density at radius 1 is 1.16 bits per heavy atom. The smallest absolute Gasteiger partial charge is 0.301 e. The molecule has 4 aromatic rings. The van der Waals surface area contributed by atoms with Gasteiger partial charge in [0.05, 0.1) is 26.8 Å². The summed E-state index contributed by atoms with van der Waals surface area (Å²) in [5.74, 6) is -2.03. The minimum absolute atomic E-state index is 0.0306. The van der Waals surface area contributed by atoms with Crippen LogP contribution in [-0.4, -0.2) is 32.8 Å². The zero-order chi connectivity index (χ0) is 26.7. The molecule has 0 saturated carbocycles. The van der Waals surface area contributed by atoms with Crippen molar-refractivity contribution in [1.82, 2.24) is 4.98 Å². The standard InChI is InChI=1S/C27H18FN3O6S/c1-13-10-16-11-15(4-9-20(16)37-13)24(32)22-23(14-2-6-18(7-3-14)31(35)36)30(26(34)25(22)33)27-29-19-8-5-17(28)12-21(19)38-27/h2-9,11-13,23,32H,10H2,1H3/b24-22+/t13-,23+/m0/s1. The SMILES string of the molecule is C[C@H]1Cc2cc(/C(O)=C3\C(=O)C(=O)N(c4nc5ccc(F)cc5s4)[C@@H]3c3ccc([N+](=O)[O-])cc3)ccc2O1. The summed E-state index contributed by atoms with van der Waals surface area (Å²) in [6.45, 7) is 1.92. The Kier molecular flexibility index (Phi) is 5.46. The van der Waals surface area contributed by atoms with E-state index in [2.05, 4.69) is 4.98 Å². The molecule has 0 aliphatic carbocycles. The van der Waals surface area contributed by atoms with Crippen molar-refractivity contribution in [3.8, 4) is 5.75 Å². The second kappa shape index (κ2) is 8.73. The number of non-ortho nitro benzene ring substituents is 1. The van der Waals surface area contributed by atoms with Gasteiger partial charge in [0, 0.05) is 24.1 Å². The number of aliphatic hydroxyl groups excluding tert-OH is 1. The van der Waals surface area contributed by atoms with Gasteiger partial charge in [-0.1, -0.05) is 11.3 Å². The first-order chi connectivity index (χ1) is 18.2. The first kappa shape index (κ1) is 23.7. The summed E-state index contributed by atoms with van der Waals surface area (Å²) in [6.07, 6.45) is 0.593. The maximum Gasteiger partial charge on any atom is 0.301 e. The highest BCUT2D eigenvalue weighted by Gasteiger charge is 2.48. The van der Waals surface area contributed by atoms with Crippen LogP contribution in [0.4, 0.5) is 15.2 Å². The number of carbonyl (C=O) groups excluding carboxylic acids is 2. The quantitative estimate of drug-likeness (QED) is 0.125. The first-order valence-electron chi connectivity index (χ1n) is 11.6. The van der Waals surface area contributed by atoms with Crippen molar-refractivity contribution in [2.45, 2.75) is 25.5 Å². The fraction of sp³-hybridized carbons (Fsp3) is 0.148. The summed E-state index contributed by atoms with van der Waals surface area (Å²) in [6, 6.07) is 13.3. The first-order valence-corrected chi connectivity index (χ1v) is 12.4. The van der Waals surface area contributed by atoms with Crippen molar-refractivity contribution >= 4 is 49.8 Å². The number of hydrogen-bond donors (Lipinski definition) is 1. The molecule has 0 unspecified atom stereocenters. The number of halogens is 1. The van der Waals surface area contributed by atoms with Gasteiger partial charge in [0.2, 0.25) is 0 Å². The Bertz CT molecular complexity index is 1700. The van der Waals surface area contributed by atoms with Crippen LogP contribution in [-0.2, 0) is 16.0 Å². The molecule has 11 heteroatoms. The molecule has 1 saturated heterocycles. The van der Waals surface area contributed by atoms with Crippen LogP contribution in [0.25, 0.3) is 16.0 Å². The van der Waals surface area contributed by atoms with Crippen LogP contribution in [0.1, 0.15) is 29.7 Å². The van der Waals surface area contributed by atoms with Gasteiger partial charge >= 0.3 is 5.91 Å². The molecule has 1 aromatic heterocycles. The summed E-state index contributed by atoms with van der Waals surface area (Å²) in [5.41, 5.74) is 1.63. The van der Waals surface area contributed by atoms with Gasteiger partial charge in [-0.25, -0.2) is 9.37 Å². The molecule has 190 valence electrons. The van der Waals surface area contributed by atoms with E-state index in [0.717, 1.165) is 21.8 Å². The molecule has 2 atom stereocenters. The van der Waals surface area contributed by atoms with Crippen LogP contribution in [0.2, 0.25) is 0 Å². The number of ketones is 1. The van der Waals surface area contributed by atoms with Crippen LogP contribution >= 0.6 is 11.3 Å². The van der Waals surface area contributed by atoms with E-state index < -0.39 is 28.5 Å². The minimum atomic E-state index is -1.12. The molecule has 1 N–H and O–H groups in total. The monoisotopic (exact) mass is 531 g/mol. The van der Waals surface area contributed by atoms with Crippen LogP contribution in [0.15, 0.2) is 66.2 Å². The van der Waals surface area contributed by atoms with Gasteiger partial charge in [-0.2, -0.15) is 0 Å². The minimum Gasteiger partial charge on any atom is -0.507 e. The lowest BCUT2D eigenvalue weighted by Crippen LogP contribution is -2.29. The molecule has 0 bridgehead atoms. The number of fused-ring (bicyclic) bond motifs is 2. The molecule has 3 heterocycles. The number of nitro benzene ring substituents is 1. The number of anilines is 1. The Hall–Kier alpha value is -4.64. The Labute approximate surface area is 218 Å². The Morgan fingerprint density at radius 2 is 1.92 bits per heavy atom. The van der Waals surface area contributed by atoms with Crippen molar-refractivity contribution in [2.24, 2.45) is 0 Å². The number of benzene rings is 3. The Balaban J connectivity index is 1.53. The van der Waals surface area contributed by atoms with E-state index in [4.69, 9.17) is 4.74 Å². The van der Waals surface area contributed by atoms with Gasteiger partial charge in [-0.05, 0) is 66.6 Å². The van der Waals surface area contributed by atoms with Crippen molar-refractivity contribution in [3.63, 3.8) is 0 Å². The zero-order valence-corrected chi connectivity index (χ0v) is 20.6. The van der Waals surface area contributed by atoms with E-state index in [1.54, 1.807) is 18.2 Å². The number of hydrogen-bond acceptors (Lipinski definition) is 8. The number of ether oxygens (including phenoxy) is 1. The topological polar surface area (TPSA) is 123 Å². The molecule has 0 spiro atoms. The molecular weight excluding hydrogens is 513 g/mol. The lowest BCUT2D eigenvalue weighted by Gasteiger charge is -2.23. The van der Waals surface area contributed by atoms with Crippen molar-refractivity contribution in [1.29, 1.82) is 0 Å². The molecule has 1 fully saturated rings. The van der Waals surface area contributed by atoms with Crippen molar-refractivity contribution in [2.75, 3.05) is 4.90 Å². The lowest BCUT2D eigenvalue weighted by molar-refractivity contribution is -0.384. The number of aliphatic hydroxyl groups is 1. The number of thiazole rings is 1. The second-order valence-corrected chi connectivity index (χ2v) is 10.1. The summed E-state index contributed by atoms with van der Waals surface area (Å²) in [7, 11) is 0. The third-order valence-electron chi connectivity index (χ3n) is 6.58. The van der Waals surface area contributed by atoms with Gasteiger partial charge in [0.25, 0.3) is 11.5 Å². The summed E-state index contributed by atoms with van der Waals surface area (Å²) in [4.78, 5) is 43.0. The van der Waals surface area contributed by atoms with Crippen LogP contribution in [0.5, 0.6) is 5.75 Å². The third-order valence-corrected chi connectivity index (χ3v) is 7.60. The van der Waals surface area contributed by atoms with Crippen molar-refractivity contribution in [3.05, 3.63) is 98.9 Å². The fourth-order valence-corrected chi connectivity index (χ4v) is 5.85. The summed E-state index contributed by atoms with van der Waals surface area (Å²) in [5, 5.41) is 22.7. The fourth-order valence-electron chi connectivity index (χ4n) is 4.84. The number of amides is 1. The molecule has 38 heavy (non-hydrogen) atoms. The maximum absolute atomic E-state index is 13.8. The zero-order valence-electron chi connectivity index (χ0n) is 19.8. The number of nitrogens with zero attached hydrogens (tertiary/aromatic N) is 3. The van der Waals surface area contributed by atoms with Gasteiger partial charge in [-0.3, -0.25) is 24.6 Å². The molecule has 2 aliphatic heterocycles. The largest absolute Gasteiger partial charge is 0.507 e. The number of Topliss-reactive ketones (excluding diaryl/α,β-unsaturated/α-hetero) is 1. The van der Waals surface area contributed by atoms with E-state index in [1.165, 1.54) is 42.5 Å². The maximum atomic E-state index is 13.8. The summed E-state index contributed by atoms with van der Waals surface area (Å²) >= 11 is 1.02. The predicted octanol–water partition coefficient (Wildman–Crippen LogP) is 5.29. The van der Waals surface area contributed by atoms with Crippen LogP contribution < -0.4 is 9.64 Å². The van der Waals surface area contributed by atoms with E-state index in [1.807, 2.05) is 6.92 Å². The van der Waals surface area contributed by atoms with E-state index in [-0.39, 0.29) is 28.3 Å². The molecule has 0 radical (unpaired) electrons. The van der Waals surface area contributed by atoms with E-state index in [9.17, 15) is 29.2 Å². The number of rotatable bonds is 4. The number of aromatic nitrogens is 1. The Morgan fingerprint density at radius 3 is 2.66 bits per heavy atom. The van der Waals surface area contributed by atoms with E-state index in [0.29, 0.717) is 33.5 Å². The van der Waals surface area contributed by atoms with Crippen LogP contribution in [0.3, 0.4) is 0 Å². The van der Waals surface area contributed by atoms with Gasteiger partial charge < -0.3 is 9.84 Å². The van der Waals surface area contributed by atoms with Gasteiger partial charge in [0.1, 0.15) is 23.4 Å². The highest BCUT2D eigenvalue weighted by atomic mass is 32.1. The average Bonchev–Trinajstić information content (AvgIpc) is 3.55. The number of carbonyl (C=O) groups is 2. The summed E-state index contributed by atoms with van der Waals surface area (Å²) < 4.78 is 20.0. The highest BCUT2D eigenvalue weighted by Crippen LogP contribution is 2.45. The molecule has 6 rings (SSSR count).